The van der Waals surface area contributed by atoms with Crippen molar-refractivity contribution in [2.24, 2.45) is 0 Å². The molecule has 10 heteroatoms. The number of fused-ring (bicyclic) bond motifs is 1. The van der Waals surface area contributed by atoms with E-state index in [1.54, 1.807) is 12.1 Å². The Morgan fingerprint density at radius 2 is 1.97 bits per heavy atom. The van der Waals surface area contributed by atoms with Gasteiger partial charge in [0.1, 0.15) is 16.9 Å². The van der Waals surface area contributed by atoms with Gasteiger partial charge in [0, 0.05) is 24.9 Å². The SMILES string of the molecule is O=C(Nc1cnsc1C#Cc1cc2sc(C3(C(=O)O)CC3)cc2s1)OCc1ccccc1Cl. The summed E-state index contributed by atoms with van der Waals surface area (Å²) >= 11 is 10.3. The maximum Gasteiger partial charge on any atom is 0.412 e. The quantitative estimate of drug-likeness (QED) is 0.303. The molecule has 0 bridgehead atoms. The number of thiophene rings is 2. The molecule has 2 N–H and O–H groups in total. The lowest BCUT2D eigenvalue weighted by atomic mass is 10.1. The smallest absolute Gasteiger partial charge is 0.412 e. The third-order valence-corrected chi connectivity index (χ3v) is 8.76. The summed E-state index contributed by atoms with van der Waals surface area (Å²) in [6.07, 6.45) is 2.32. The van der Waals surface area contributed by atoms with E-state index in [1.165, 1.54) is 40.4 Å². The molecule has 3 heterocycles. The highest BCUT2D eigenvalue weighted by Crippen LogP contribution is 2.52. The molecule has 1 aliphatic carbocycles. The largest absolute Gasteiger partial charge is 0.481 e. The van der Waals surface area contributed by atoms with E-state index in [0.717, 1.165) is 24.7 Å². The van der Waals surface area contributed by atoms with Gasteiger partial charge in [0.2, 0.25) is 0 Å². The fourth-order valence-electron chi connectivity index (χ4n) is 3.27. The predicted molar refractivity (Wildman–Crippen MR) is 132 cm³/mol. The van der Waals surface area contributed by atoms with Gasteiger partial charge in [-0.3, -0.25) is 10.1 Å². The molecule has 0 radical (unpaired) electrons. The highest BCUT2D eigenvalue weighted by atomic mass is 35.5. The Hall–Kier alpha value is -2.90. The number of anilines is 1. The molecule has 166 valence electrons. The third-order valence-electron chi connectivity index (χ3n) is 5.26. The Morgan fingerprint density at radius 1 is 1.18 bits per heavy atom. The number of rotatable bonds is 5. The molecule has 0 unspecified atom stereocenters. The number of carbonyl (C=O) groups is 2. The van der Waals surface area contributed by atoms with Crippen LogP contribution in [0.1, 0.15) is 33.0 Å². The van der Waals surface area contributed by atoms with Gasteiger partial charge in [-0.1, -0.05) is 29.8 Å². The number of ether oxygens (including phenoxy) is 1. The van der Waals surface area contributed by atoms with Gasteiger partial charge in [-0.15, -0.1) is 22.7 Å². The molecule has 6 nitrogen and oxygen atoms in total. The first-order valence-electron chi connectivity index (χ1n) is 9.86. The van der Waals surface area contributed by atoms with Crippen molar-refractivity contribution in [1.82, 2.24) is 4.37 Å². The van der Waals surface area contributed by atoms with Crippen LogP contribution in [0.4, 0.5) is 10.5 Å². The minimum absolute atomic E-state index is 0.0567. The fourth-order valence-corrected chi connectivity index (χ4v) is 6.51. The van der Waals surface area contributed by atoms with E-state index in [1.807, 2.05) is 24.3 Å². The number of halogens is 1. The first kappa shape index (κ1) is 21.9. The highest BCUT2D eigenvalue weighted by Gasteiger charge is 2.53. The Morgan fingerprint density at radius 3 is 2.70 bits per heavy atom. The maximum absolute atomic E-state index is 12.2. The molecule has 0 spiro atoms. The van der Waals surface area contributed by atoms with Crippen LogP contribution in [-0.4, -0.2) is 21.5 Å². The molecule has 0 atom stereocenters. The molecular formula is C23H15ClN2O4S3. The Bertz CT molecular complexity index is 1410. The van der Waals surface area contributed by atoms with Crippen molar-refractivity contribution in [2.75, 3.05) is 5.32 Å². The van der Waals surface area contributed by atoms with Crippen molar-refractivity contribution < 1.29 is 19.4 Å². The zero-order valence-electron chi connectivity index (χ0n) is 16.9. The van der Waals surface area contributed by atoms with E-state index < -0.39 is 17.5 Å². The molecule has 33 heavy (non-hydrogen) atoms. The number of aromatic nitrogens is 1. The molecule has 4 aromatic rings. The minimum Gasteiger partial charge on any atom is -0.481 e. The van der Waals surface area contributed by atoms with E-state index >= 15 is 0 Å². The number of carboxylic acid groups (broad SMARTS) is 1. The van der Waals surface area contributed by atoms with Crippen LogP contribution in [0.3, 0.4) is 0 Å². The van der Waals surface area contributed by atoms with Crippen LogP contribution < -0.4 is 5.32 Å². The lowest BCUT2D eigenvalue weighted by Gasteiger charge is -2.07. The second-order valence-corrected chi connectivity index (χ2v) is 10.8. The third kappa shape index (κ3) is 4.48. The summed E-state index contributed by atoms with van der Waals surface area (Å²) in [5.74, 6) is 5.43. The summed E-state index contributed by atoms with van der Waals surface area (Å²) in [6, 6.07) is 11.1. The molecule has 1 fully saturated rings. The van der Waals surface area contributed by atoms with Gasteiger partial charge in [0.25, 0.3) is 0 Å². The minimum atomic E-state index is -0.743. The number of carbonyl (C=O) groups excluding carboxylic acids is 1. The zero-order chi connectivity index (χ0) is 23.0. The van der Waals surface area contributed by atoms with Crippen LogP contribution in [0.15, 0.2) is 42.6 Å². The lowest BCUT2D eigenvalue weighted by molar-refractivity contribution is -0.139. The highest BCUT2D eigenvalue weighted by molar-refractivity contribution is 7.28. The van der Waals surface area contributed by atoms with Gasteiger partial charge in [-0.05, 0) is 54.4 Å². The molecule has 1 aliphatic rings. The van der Waals surface area contributed by atoms with E-state index in [9.17, 15) is 14.7 Å². The molecule has 1 saturated carbocycles. The average molecular weight is 515 g/mol. The molecule has 1 amide bonds. The second kappa shape index (κ2) is 8.80. The van der Waals surface area contributed by atoms with Crippen LogP contribution in [0, 0.1) is 11.8 Å². The van der Waals surface area contributed by atoms with E-state index in [0.29, 0.717) is 28.4 Å². The van der Waals surface area contributed by atoms with E-state index in [2.05, 4.69) is 21.5 Å². The summed E-state index contributed by atoms with van der Waals surface area (Å²) in [5, 5.41) is 12.7. The second-order valence-electron chi connectivity index (χ2n) is 7.45. The summed E-state index contributed by atoms with van der Waals surface area (Å²) in [5.41, 5.74) is 0.517. The Labute approximate surface area is 206 Å². The van der Waals surface area contributed by atoms with Crippen LogP contribution >= 0.6 is 45.8 Å². The van der Waals surface area contributed by atoms with Crippen LogP contribution in [0.2, 0.25) is 5.02 Å². The van der Waals surface area contributed by atoms with Crippen molar-refractivity contribution >= 4 is 73.0 Å². The van der Waals surface area contributed by atoms with Crippen LogP contribution in [0.5, 0.6) is 0 Å². The molecule has 5 rings (SSSR count). The molecule has 0 saturated heterocycles. The van der Waals surface area contributed by atoms with Crippen molar-refractivity contribution in [1.29, 1.82) is 0 Å². The molecule has 3 aromatic heterocycles. The number of aliphatic carboxylic acids is 1. The van der Waals surface area contributed by atoms with E-state index in [4.69, 9.17) is 16.3 Å². The molecule has 1 aromatic carbocycles. The number of carboxylic acids is 1. The van der Waals surface area contributed by atoms with Gasteiger partial charge in [0.15, 0.2) is 0 Å². The summed E-state index contributed by atoms with van der Waals surface area (Å²) in [7, 11) is 0. The first-order valence-corrected chi connectivity index (χ1v) is 12.6. The molecular weight excluding hydrogens is 500 g/mol. The topological polar surface area (TPSA) is 88.5 Å². The predicted octanol–water partition coefficient (Wildman–Crippen LogP) is 6.34. The van der Waals surface area contributed by atoms with Crippen molar-refractivity contribution in [3.63, 3.8) is 0 Å². The number of amides is 1. The summed E-state index contributed by atoms with van der Waals surface area (Å²) < 4.78 is 11.4. The normalized spacial score (nSPS) is 13.8. The van der Waals surface area contributed by atoms with Crippen molar-refractivity contribution in [3.8, 4) is 11.8 Å². The van der Waals surface area contributed by atoms with Gasteiger partial charge in [-0.25, -0.2) is 4.79 Å². The average Bonchev–Trinajstić information content (AvgIpc) is 3.11. The Kier molecular flexibility index (Phi) is 5.85. The summed E-state index contributed by atoms with van der Waals surface area (Å²) in [4.78, 5) is 26.1. The van der Waals surface area contributed by atoms with Crippen molar-refractivity contribution in [3.05, 3.63) is 67.8 Å². The van der Waals surface area contributed by atoms with Gasteiger partial charge in [0.05, 0.1) is 16.8 Å². The Balaban J connectivity index is 1.26. The van der Waals surface area contributed by atoms with Gasteiger partial charge < -0.3 is 9.84 Å². The zero-order valence-corrected chi connectivity index (χ0v) is 20.1. The summed E-state index contributed by atoms with van der Waals surface area (Å²) in [6.45, 7) is 0.0567. The number of nitrogens with one attached hydrogen (secondary N) is 1. The van der Waals surface area contributed by atoms with Gasteiger partial charge in [-0.2, -0.15) is 4.37 Å². The number of benzene rings is 1. The van der Waals surface area contributed by atoms with Crippen molar-refractivity contribution in [2.45, 2.75) is 24.9 Å². The van der Waals surface area contributed by atoms with Crippen LogP contribution in [0.25, 0.3) is 9.40 Å². The number of hydrogen-bond donors (Lipinski definition) is 2. The maximum atomic E-state index is 12.2. The fraction of sp³-hybridized carbons (Fsp3) is 0.174. The first-order chi connectivity index (χ1) is 15.9. The number of nitrogens with zero attached hydrogens (tertiary/aromatic N) is 1. The lowest BCUT2D eigenvalue weighted by Crippen LogP contribution is -2.17. The standard InChI is InChI=1S/C23H15ClN2O4S3/c24-15-4-2-1-3-13(15)12-30-22(29)26-16-11-25-33-17(16)6-5-14-9-18-19(31-14)10-20(32-18)23(7-8-23)21(27)28/h1-4,9-11H,7-8,12H2,(H,26,29)(H,27,28). The molecule has 0 aliphatic heterocycles. The van der Waals surface area contributed by atoms with E-state index in [-0.39, 0.29) is 6.61 Å². The van der Waals surface area contributed by atoms with Gasteiger partial charge >= 0.3 is 12.1 Å². The monoisotopic (exact) mass is 514 g/mol. The number of hydrogen-bond acceptors (Lipinski definition) is 7. The van der Waals surface area contributed by atoms with Crippen LogP contribution in [-0.2, 0) is 21.6 Å².